The monoisotopic (exact) mass is 712 g/mol. The normalized spacial score (nSPS) is 17.4. The number of ether oxygens (including phenoxy) is 1. The second-order valence-corrected chi connectivity index (χ2v) is 13.0. The maximum Gasteiger partial charge on any atom is 0.410 e. The van der Waals surface area contributed by atoms with Crippen molar-refractivity contribution < 1.29 is 9.53 Å². The molecule has 0 radical (unpaired) electrons. The maximum atomic E-state index is 12.9. The Morgan fingerprint density at radius 3 is 2.41 bits per heavy atom. The van der Waals surface area contributed by atoms with Crippen molar-refractivity contribution in [2.45, 2.75) is 52.3 Å². The van der Waals surface area contributed by atoms with Gasteiger partial charge in [-0.15, -0.1) is 0 Å². The summed E-state index contributed by atoms with van der Waals surface area (Å²) >= 11 is 15.0. The second-order valence-electron chi connectivity index (χ2n) is 11.0. The summed E-state index contributed by atoms with van der Waals surface area (Å²) in [5.41, 5.74) is 7.57. The largest absolute Gasteiger partial charge is 0.444 e. The van der Waals surface area contributed by atoms with Gasteiger partial charge in [0.1, 0.15) is 22.9 Å². The lowest BCUT2D eigenvalue weighted by molar-refractivity contribution is 0.00566. The zero-order valence-electron chi connectivity index (χ0n) is 23.7. The molecule has 3 aromatic rings. The molecule has 3 heterocycles. The van der Waals surface area contributed by atoms with Gasteiger partial charge in [0.25, 0.3) is 0 Å². The molecule has 4 N–H and O–H groups in total. The fraction of sp³-hybridized carbons (Fsp3) is 0.429. The van der Waals surface area contributed by atoms with Crippen LogP contribution in [0.2, 0.25) is 10.0 Å². The fourth-order valence-electron chi connectivity index (χ4n) is 4.69. The number of nitrogens with one attached hydrogen (secondary N) is 2. The number of anilines is 4. The number of rotatable bonds is 7. The molecule has 1 aromatic carbocycles. The molecule has 41 heavy (non-hydrogen) atoms. The third kappa shape index (κ3) is 7.95. The molecule has 220 valence electrons. The number of carbonyl (C=O) groups is 1. The van der Waals surface area contributed by atoms with Crippen LogP contribution in [0.1, 0.15) is 34.6 Å². The van der Waals surface area contributed by atoms with E-state index in [0.29, 0.717) is 59.5 Å². The number of piperazine rings is 1. The van der Waals surface area contributed by atoms with Gasteiger partial charge in [0.05, 0.1) is 32.6 Å². The molecule has 13 heteroatoms. The van der Waals surface area contributed by atoms with Gasteiger partial charge in [-0.1, -0.05) is 23.2 Å². The number of pyridine rings is 1. The van der Waals surface area contributed by atoms with E-state index in [-0.39, 0.29) is 18.2 Å². The Labute approximate surface area is 264 Å². The minimum atomic E-state index is -0.567. The van der Waals surface area contributed by atoms with E-state index in [1.807, 2.05) is 52.8 Å². The van der Waals surface area contributed by atoms with Gasteiger partial charge in [-0.05, 0) is 87.5 Å². The molecule has 0 aliphatic carbocycles. The van der Waals surface area contributed by atoms with Crippen molar-refractivity contribution in [2.75, 3.05) is 47.4 Å². The molecule has 2 atom stereocenters. The summed E-state index contributed by atoms with van der Waals surface area (Å²) < 4.78 is 6.58. The Morgan fingerprint density at radius 1 is 1.10 bits per heavy atom. The van der Waals surface area contributed by atoms with E-state index in [1.54, 1.807) is 23.2 Å². The van der Waals surface area contributed by atoms with Crippen LogP contribution < -0.4 is 21.3 Å². The van der Waals surface area contributed by atoms with Crippen LogP contribution in [0.15, 0.2) is 36.5 Å². The number of halogens is 3. The standard InChI is InChI=1S/C28H35Cl2IN8O2/c1-16-14-38(15-17(2)39(16)27(40)41-28(3,4)5)22-13-35-26(37-24(22)19-7-6-18(29)12-20(19)30)34-11-10-33-23-9-8-21(31)25(32)36-23/h6-9,12-13,16-17H,10-11,14-15H2,1-5H3,(H3,32,33,36)(H,34,35,37). The van der Waals surface area contributed by atoms with Crippen molar-refractivity contribution in [3.05, 3.63) is 50.1 Å². The van der Waals surface area contributed by atoms with Crippen molar-refractivity contribution in [2.24, 2.45) is 0 Å². The summed E-state index contributed by atoms with van der Waals surface area (Å²) in [6, 6.07) is 8.94. The molecule has 4 rings (SSSR count). The van der Waals surface area contributed by atoms with Crippen LogP contribution in [-0.2, 0) is 4.74 Å². The molecule has 0 bridgehead atoms. The summed E-state index contributed by atoms with van der Waals surface area (Å²) in [5, 5.41) is 7.54. The number of aromatic nitrogens is 3. The summed E-state index contributed by atoms with van der Waals surface area (Å²) in [7, 11) is 0. The molecule has 1 aliphatic heterocycles. The lowest BCUT2D eigenvalue weighted by Gasteiger charge is -2.45. The van der Waals surface area contributed by atoms with Gasteiger partial charge in [0.15, 0.2) is 0 Å². The number of benzene rings is 1. The third-order valence-electron chi connectivity index (χ3n) is 6.41. The highest BCUT2D eigenvalue weighted by molar-refractivity contribution is 14.1. The predicted molar refractivity (Wildman–Crippen MR) is 175 cm³/mol. The van der Waals surface area contributed by atoms with Crippen LogP contribution in [-0.4, -0.2) is 69.8 Å². The topological polar surface area (TPSA) is 122 Å². The Hall–Kier alpha value is -2.77. The van der Waals surface area contributed by atoms with Gasteiger partial charge in [0, 0.05) is 36.8 Å². The first-order valence-corrected chi connectivity index (χ1v) is 15.1. The highest BCUT2D eigenvalue weighted by Crippen LogP contribution is 2.37. The molecule has 1 fully saturated rings. The first kappa shape index (κ1) is 31.2. The van der Waals surface area contributed by atoms with Gasteiger partial charge in [-0.3, -0.25) is 4.90 Å². The second kappa shape index (κ2) is 13.0. The van der Waals surface area contributed by atoms with Gasteiger partial charge in [0.2, 0.25) is 5.95 Å². The Morgan fingerprint density at radius 2 is 1.78 bits per heavy atom. The van der Waals surface area contributed by atoms with Gasteiger partial charge >= 0.3 is 6.09 Å². The average Bonchev–Trinajstić information content (AvgIpc) is 2.87. The van der Waals surface area contributed by atoms with E-state index in [2.05, 4.69) is 48.1 Å². The molecule has 0 saturated carbocycles. The number of carbonyl (C=O) groups excluding carboxylic acids is 1. The molecule has 1 amide bonds. The lowest BCUT2D eigenvalue weighted by atomic mass is 10.1. The van der Waals surface area contributed by atoms with Crippen LogP contribution >= 0.6 is 45.8 Å². The zero-order valence-corrected chi connectivity index (χ0v) is 27.4. The number of hydrogen-bond acceptors (Lipinski definition) is 9. The van der Waals surface area contributed by atoms with Crippen molar-refractivity contribution in [3.8, 4) is 11.3 Å². The molecule has 10 nitrogen and oxygen atoms in total. The quantitative estimate of drug-likeness (QED) is 0.189. The van der Waals surface area contributed by atoms with Gasteiger partial charge in [-0.2, -0.15) is 0 Å². The SMILES string of the molecule is CC1CN(c2cnc(NCCNc3ccc(I)c(N)n3)nc2-c2ccc(Cl)cc2Cl)CC(C)N1C(=O)OC(C)(C)C. The van der Waals surface area contributed by atoms with Crippen LogP contribution in [0, 0.1) is 3.57 Å². The Kier molecular flexibility index (Phi) is 9.91. The number of hydrogen-bond donors (Lipinski definition) is 3. The van der Waals surface area contributed by atoms with Crippen LogP contribution in [0.4, 0.5) is 28.1 Å². The average molecular weight is 713 g/mol. The first-order chi connectivity index (χ1) is 19.3. The van der Waals surface area contributed by atoms with Crippen LogP contribution in [0.3, 0.4) is 0 Å². The zero-order chi connectivity index (χ0) is 29.9. The maximum absolute atomic E-state index is 12.9. The molecular weight excluding hydrogens is 678 g/mol. The highest BCUT2D eigenvalue weighted by atomic mass is 127. The van der Waals surface area contributed by atoms with E-state index in [9.17, 15) is 4.79 Å². The molecule has 1 aliphatic rings. The third-order valence-corrected chi connectivity index (χ3v) is 7.87. The lowest BCUT2D eigenvalue weighted by Crippen LogP contribution is -2.59. The first-order valence-electron chi connectivity index (χ1n) is 13.3. The highest BCUT2D eigenvalue weighted by Gasteiger charge is 2.36. The van der Waals surface area contributed by atoms with Crippen molar-refractivity contribution in [1.29, 1.82) is 0 Å². The van der Waals surface area contributed by atoms with Crippen LogP contribution in [0.5, 0.6) is 0 Å². The van der Waals surface area contributed by atoms with E-state index in [0.717, 1.165) is 14.8 Å². The summed E-state index contributed by atoms with van der Waals surface area (Å²) in [5.74, 6) is 1.64. The minimum Gasteiger partial charge on any atom is -0.444 e. The van der Waals surface area contributed by atoms with E-state index < -0.39 is 5.60 Å². The van der Waals surface area contributed by atoms with Crippen molar-refractivity contribution >= 4 is 75.2 Å². The smallest absolute Gasteiger partial charge is 0.410 e. The van der Waals surface area contributed by atoms with Crippen LogP contribution in [0.25, 0.3) is 11.3 Å². The van der Waals surface area contributed by atoms with E-state index in [4.69, 9.17) is 38.7 Å². The van der Waals surface area contributed by atoms with Crippen molar-refractivity contribution in [1.82, 2.24) is 19.9 Å². The van der Waals surface area contributed by atoms with Gasteiger partial charge in [-0.25, -0.2) is 19.7 Å². The van der Waals surface area contributed by atoms with Gasteiger partial charge < -0.3 is 26.0 Å². The number of amides is 1. The van der Waals surface area contributed by atoms with Crippen molar-refractivity contribution in [3.63, 3.8) is 0 Å². The van der Waals surface area contributed by atoms with E-state index >= 15 is 0 Å². The molecule has 0 spiro atoms. The van der Waals surface area contributed by atoms with E-state index in [1.165, 1.54) is 0 Å². The number of nitrogens with two attached hydrogens (primary N) is 1. The predicted octanol–water partition coefficient (Wildman–Crippen LogP) is 6.39. The molecular formula is C28H35Cl2IN8O2. The Balaban J connectivity index is 1.54. The number of nitrogens with zero attached hydrogens (tertiary/aromatic N) is 5. The summed E-state index contributed by atoms with van der Waals surface area (Å²) in [6.07, 6.45) is 1.48. The summed E-state index contributed by atoms with van der Waals surface area (Å²) in [6.45, 7) is 11.9. The fourth-order valence-corrected chi connectivity index (χ4v) is 5.49. The molecule has 2 unspecified atom stereocenters. The number of nitrogen functional groups attached to an aromatic ring is 1. The summed E-state index contributed by atoms with van der Waals surface area (Å²) in [4.78, 5) is 30.7. The molecule has 2 aromatic heterocycles. The Bertz CT molecular complexity index is 1390. The molecule has 1 saturated heterocycles. The minimum absolute atomic E-state index is 0.102.